The monoisotopic (exact) mass is 283 g/mol. The summed E-state index contributed by atoms with van der Waals surface area (Å²) in [5.74, 6) is 0.108. The molecule has 0 saturated carbocycles. The van der Waals surface area contributed by atoms with Crippen molar-refractivity contribution in [3.05, 3.63) is 0 Å². The van der Waals surface area contributed by atoms with Gasteiger partial charge in [-0.15, -0.1) is 0 Å². The van der Waals surface area contributed by atoms with E-state index in [2.05, 4.69) is 24.1 Å². The number of amides is 1. The summed E-state index contributed by atoms with van der Waals surface area (Å²) in [6.07, 6.45) is 4.16. The average molecular weight is 283 g/mol. The van der Waals surface area contributed by atoms with Crippen LogP contribution in [0.5, 0.6) is 0 Å². The predicted octanol–water partition coefficient (Wildman–Crippen LogP) is 2.13. The summed E-state index contributed by atoms with van der Waals surface area (Å²) in [7, 11) is 0. The Kier molecular flexibility index (Phi) is 6.02. The maximum atomic E-state index is 12.1. The lowest BCUT2D eigenvalue weighted by Gasteiger charge is -2.42. The third kappa shape index (κ3) is 5.41. The molecular formula is C16H33N3O. The summed E-state index contributed by atoms with van der Waals surface area (Å²) in [4.78, 5) is 14.5. The Morgan fingerprint density at radius 1 is 1.35 bits per heavy atom. The Morgan fingerprint density at radius 3 is 2.30 bits per heavy atom. The predicted molar refractivity (Wildman–Crippen MR) is 84.6 cm³/mol. The molecule has 3 N–H and O–H groups in total. The number of carbonyl (C=O) groups excluding carboxylic acids is 1. The minimum absolute atomic E-state index is 0.108. The van der Waals surface area contributed by atoms with Gasteiger partial charge < -0.3 is 11.1 Å². The van der Waals surface area contributed by atoms with Crippen molar-refractivity contribution in [2.45, 2.75) is 71.9 Å². The number of hydrogen-bond acceptors (Lipinski definition) is 3. The van der Waals surface area contributed by atoms with Crippen LogP contribution in [-0.2, 0) is 4.79 Å². The number of nitrogens with two attached hydrogens (primary N) is 1. The van der Waals surface area contributed by atoms with Gasteiger partial charge in [-0.25, -0.2) is 0 Å². The Balaban J connectivity index is 2.50. The molecule has 1 aliphatic heterocycles. The smallest absolute Gasteiger partial charge is 0.222 e. The van der Waals surface area contributed by atoms with Crippen LogP contribution in [0.2, 0.25) is 0 Å². The van der Waals surface area contributed by atoms with E-state index < -0.39 is 0 Å². The topological polar surface area (TPSA) is 58.4 Å². The molecule has 1 unspecified atom stereocenters. The van der Waals surface area contributed by atoms with Crippen molar-refractivity contribution in [1.82, 2.24) is 10.2 Å². The molecule has 0 radical (unpaired) electrons. The molecule has 0 aromatic carbocycles. The van der Waals surface area contributed by atoms with Crippen LogP contribution in [0.4, 0.5) is 0 Å². The second-order valence-corrected chi connectivity index (χ2v) is 7.59. The Hall–Kier alpha value is -0.610. The van der Waals surface area contributed by atoms with Crippen LogP contribution >= 0.6 is 0 Å². The lowest BCUT2D eigenvalue weighted by atomic mass is 9.78. The first-order chi connectivity index (χ1) is 9.19. The second-order valence-electron chi connectivity index (χ2n) is 7.59. The van der Waals surface area contributed by atoms with Crippen LogP contribution in [0, 0.1) is 5.41 Å². The zero-order valence-corrected chi connectivity index (χ0v) is 14.0. The van der Waals surface area contributed by atoms with Crippen LogP contribution in [0.25, 0.3) is 0 Å². The number of carbonyl (C=O) groups is 1. The van der Waals surface area contributed by atoms with E-state index >= 15 is 0 Å². The SMILES string of the molecule is CCC1(C)CCN(C(CN)CC(=O)NC(C)(C)C)CC1. The lowest BCUT2D eigenvalue weighted by Crippen LogP contribution is -2.50. The molecule has 4 nitrogen and oxygen atoms in total. The number of likely N-dealkylation sites (tertiary alicyclic amines) is 1. The van der Waals surface area contributed by atoms with Gasteiger partial charge >= 0.3 is 0 Å². The van der Waals surface area contributed by atoms with Crippen molar-refractivity contribution in [2.75, 3.05) is 19.6 Å². The molecule has 0 aliphatic carbocycles. The molecule has 4 heteroatoms. The van der Waals surface area contributed by atoms with Crippen molar-refractivity contribution in [3.8, 4) is 0 Å². The highest BCUT2D eigenvalue weighted by Crippen LogP contribution is 2.34. The van der Waals surface area contributed by atoms with E-state index in [1.54, 1.807) is 0 Å². The van der Waals surface area contributed by atoms with Gasteiger partial charge in [-0.1, -0.05) is 20.3 Å². The normalized spacial score (nSPS) is 21.5. The molecule has 1 saturated heterocycles. The van der Waals surface area contributed by atoms with E-state index in [1.807, 2.05) is 20.8 Å². The quantitative estimate of drug-likeness (QED) is 0.812. The zero-order valence-electron chi connectivity index (χ0n) is 14.0. The molecule has 0 aromatic rings. The molecule has 20 heavy (non-hydrogen) atoms. The van der Waals surface area contributed by atoms with Crippen LogP contribution in [0.3, 0.4) is 0 Å². The number of piperidine rings is 1. The van der Waals surface area contributed by atoms with Crippen LogP contribution in [-0.4, -0.2) is 42.0 Å². The van der Waals surface area contributed by atoms with Gasteiger partial charge in [0.05, 0.1) is 0 Å². The van der Waals surface area contributed by atoms with Gasteiger partial charge in [0.15, 0.2) is 0 Å². The summed E-state index contributed by atoms with van der Waals surface area (Å²) in [5.41, 5.74) is 6.20. The van der Waals surface area contributed by atoms with E-state index in [9.17, 15) is 4.79 Å². The Morgan fingerprint density at radius 2 is 1.90 bits per heavy atom. The maximum absolute atomic E-state index is 12.1. The fourth-order valence-corrected chi connectivity index (χ4v) is 2.83. The molecule has 1 atom stereocenters. The highest BCUT2D eigenvalue weighted by Gasteiger charge is 2.31. The molecule has 1 fully saturated rings. The van der Waals surface area contributed by atoms with E-state index in [0.29, 0.717) is 18.4 Å². The lowest BCUT2D eigenvalue weighted by molar-refractivity contribution is -0.123. The van der Waals surface area contributed by atoms with Gasteiger partial charge in [0.25, 0.3) is 0 Å². The van der Waals surface area contributed by atoms with Gasteiger partial charge in [-0.2, -0.15) is 0 Å². The number of nitrogens with one attached hydrogen (secondary N) is 1. The molecule has 0 bridgehead atoms. The summed E-state index contributed by atoms with van der Waals surface area (Å²) >= 11 is 0. The highest BCUT2D eigenvalue weighted by atomic mass is 16.1. The first-order valence-electron chi connectivity index (χ1n) is 7.94. The van der Waals surface area contributed by atoms with Gasteiger partial charge in [0.1, 0.15) is 0 Å². The van der Waals surface area contributed by atoms with Crippen molar-refractivity contribution in [2.24, 2.45) is 11.1 Å². The van der Waals surface area contributed by atoms with E-state index in [0.717, 1.165) is 13.1 Å². The summed E-state index contributed by atoms with van der Waals surface area (Å²) in [5, 5.41) is 3.03. The van der Waals surface area contributed by atoms with Crippen molar-refractivity contribution in [3.63, 3.8) is 0 Å². The van der Waals surface area contributed by atoms with Crippen molar-refractivity contribution < 1.29 is 4.79 Å². The maximum Gasteiger partial charge on any atom is 0.222 e. The Labute approximate surface area is 124 Å². The van der Waals surface area contributed by atoms with Crippen LogP contribution in [0.1, 0.15) is 60.3 Å². The largest absolute Gasteiger partial charge is 0.351 e. The third-order valence-electron chi connectivity index (χ3n) is 4.58. The van der Waals surface area contributed by atoms with Gasteiger partial charge in [0, 0.05) is 24.5 Å². The first-order valence-corrected chi connectivity index (χ1v) is 7.94. The number of nitrogens with zero attached hydrogens (tertiary/aromatic N) is 1. The van der Waals surface area contributed by atoms with Gasteiger partial charge in [-0.05, 0) is 52.1 Å². The van der Waals surface area contributed by atoms with E-state index in [4.69, 9.17) is 5.73 Å². The molecular weight excluding hydrogens is 250 g/mol. The highest BCUT2D eigenvalue weighted by molar-refractivity contribution is 5.77. The van der Waals surface area contributed by atoms with Crippen molar-refractivity contribution >= 4 is 5.91 Å². The first kappa shape index (κ1) is 17.4. The molecule has 118 valence electrons. The minimum Gasteiger partial charge on any atom is -0.351 e. The molecule has 1 rings (SSSR count). The van der Waals surface area contributed by atoms with Crippen molar-refractivity contribution in [1.29, 1.82) is 0 Å². The van der Waals surface area contributed by atoms with Gasteiger partial charge in [-0.3, -0.25) is 9.69 Å². The van der Waals surface area contributed by atoms with Crippen LogP contribution in [0.15, 0.2) is 0 Å². The molecule has 1 heterocycles. The van der Waals surface area contributed by atoms with Crippen LogP contribution < -0.4 is 11.1 Å². The fourth-order valence-electron chi connectivity index (χ4n) is 2.83. The van der Waals surface area contributed by atoms with E-state index in [-0.39, 0.29) is 17.5 Å². The molecule has 0 aromatic heterocycles. The third-order valence-corrected chi connectivity index (χ3v) is 4.58. The summed E-state index contributed by atoms with van der Waals surface area (Å²) in [6.45, 7) is 13.4. The van der Waals surface area contributed by atoms with Gasteiger partial charge in [0.2, 0.25) is 5.91 Å². The number of rotatable bonds is 5. The summed E-state index contributed by atoms with van der Waals surface area (Å²) in [6, 6.07) is 0.179. The molecule has 1 aliphatic rings. The molecule has 1 amide bonds. The van der Waals surface area contributed by atoms with E-state index in [1.165, 1.54) is 19.3 Å². The second kappa shape index (κ2) is 6.90. The molecule has 0 spiro atoms. The zero-order chi connectivity index (χ0) is 15.4. The fraction of sp³-hybridized carbons (Fsp3) is 0.938. The minimum atomic E-state index is -0.168. The standard InChI is InChI=1S/C16H33N3O/c1-6-16(5)7-9-19(10-8-16)13(12-17)11-14(20)18-15(2,3)4/h13H,6-12,17H2,1-5H3,(H,18,20). The average Bonchev–Trinajstić information content (AvgIpc) is 2.35. The summed E-state index contributed by atoms with van der Waals surface area (Å²) < 4.78 is 0. The Bertz CT molecular complexity index is 314. The number of hydrogen-bond donors (Lipinski definition) is 2.